The highest BCUT2D eigenvalue weighted by Gasteiger charge is 2.28. The Bertz CT molecular complexity index is 1150. The first kappa shape index (κ1) is 34.4. The molecule has 10 nitrogen and oxygen atoms in total. The van der Waals surface area contributed by atoms with Crippen molar-refractivity contribution in [3.05, 3.63) is 41.3 Å². The van der Waals surface area contributed by atoms with E-state index in [1.54, 1.807) is 0 Å². The largest absolute Gasteiger partial charge is 1.00 e. The Kier molecular flexibility index (Phi) is 14.4. The van der Waals surface area contributed by atoms with Crippen LogP contribution in [0.25, 0.3) is 11.3 Å². The molecule has 0 aromatic carbocycles. The predicted octanol–water partition coefficient (Wildman–Crippen LogP) is 2.13. The molecule has 0 unspecified atom stereocenters. The van der Waals surface area contributed by atoms with Crippen LogP contribution >= 0.6 is 0 Å². The molecule has 11 heteroatoms. The summed E-state index contributed by atoms with van der Waals surface area (Å²) < 4.78 is 20.6. The lowest BCUT2D eigenvalue weighted by molar-refractivity contribution is -0.727. The molecule has 0 atom stereocenters. The van der Waals surface area contributed by atoms with Crippen molar-refractivity contribution in [1.29, 1.82) is 0 Å². The number of ether oxygens (including phenoxy) is 3. The first-order valence-electron chi connectivity index (χ1n) is 14.4. The van der Waals surface area contributed by atoms with Crippen LogP contribution in [0.3, 0.4) is 0 Å². The van der Waals surface area contributed by atoms with Crippen molar-refractivity contribution in [3.63, 3.8) is 0 Å². The normalized spacial score (nSPS) is 12.1. The van der Waals surface area contributed by atoms with Gasteiger partial charge in [0.25, 0.3) is 6.73 Å². The van der Waals surface area contributed by atoms with Crippen molar-refractivity contribution >= 4 is 18.2 Å². The maximum Gasteiger partial charge on any atom is 0.407 e. The second-order valence-corrected chi connectivity index (χ2v) is 10.8. The summed E-state index contributed by atoms with van der Waals surface area (Å²) in [6, 6.07) is 3.83. The monoisotopic (exact) mass is 684 g/mol. The van der Waals surface area contributed by atoms with Gasteiger partial charge in [-0.1, -0.05) is 26.2 Å². The molecule has 41 heavy (non-hydrogen) atoms. The molecule has 1 aliphatic heterocycles. The lowest BCUT2D eigenvalue weighted by atomic mass is 10.0. The van der Waals surface area contributed by atoms with E-state index in [4.69, 9.17) is 14.2 Å². The standard InChI is InChI=1S/C30H44N4O6.HI/c1-6-7-8-9-12-27(35)40-20-33-16-13-23(14-17-33)28-25(19-39-30(37)32-22(4)5)24(26-11-10-15-34(26)28)18-38-29(36)31-21(2)3;/h13-14,16-17,21-22H,6-12,15,18-20H2,1-5H3,(H-,31,32,36,37);1H. The van der Waals surface area contributed by atoms with E-state index >= 15 is 0 Å². The Morgan fingerprint density at radius 3 is 2.10 bits per heavy atom. The van der Waals surface area contributed by atoms with E-state index in [9.17, 15) is 14.4 Å². The van der Waals surface area contributed by atoms with Gasteiger partial charge >= 0.3 is 18.2 Å². The number of halogens is 1. The third kappa shape index (κ3) is 10.5. The summed E-state index contributed by atoms with van der Waals surface area (Å²) in [5, 5.41) is 5.51. The van der Waals surface area contributed by atoms with Crippen LogP contribution in [0.5, 0.6) is 0 Å². The van der Waals surface area contributed by atoms with Gasteiger partial charge < -0.3 is 53.4 Å². The molecule has 3 rings (SSSR count). The Labute approximate surface area is 260 Å². The van der Waals surface area contributed by atoms with Crippen molar-refractivity contribution in [2.75, 3.05) is 0 Å². The molecule has 0 bridgehead atoms. The van der Waals surface area contributed by atoms with E-state index < -0.39 is 12.2 Å². The molecular weight excluding hydrogens is 639 g/mol. The van der Waals surface area contributed by atoms with E-state index in [0.717, 1.165) is 73.1 Å². The van der Waals surface area contributed by atoms with Crippen LogP contribution in [0.15, 0.2) is 24.5 Å². The van der Waals surface area contributed by atoms with Crippen LogP contribution in [0.4, 0.5) is 9.59 Å². The van der Waals surface area contributed by atoms with Gasteiger partial charge in [0.2, 0.25) is 0 Å². The van der Waals surface area contributed by atoms with Gasteiger partial charge in [0.15, 0.2) is 12.4 Å². The fourth-order valence-electron chi connectivity index (χ4n) is 4.82. The second-order valence-electron chi connectivity index (χ2n) is 10.8. The van der Waals surface area contributed by atoms with Crippen LogP contribution in [-0.2, 0) is 51.9 Å². The van der Waals surface area contributed by atoms with Gasteiger partial charge in [0.1, 0.15) is 13.2 Å². The maximum absolute atomic E-state index is 12.3. The molecular formula is C30H45IN4O6. The van der Waals surface area contributed by atoms with Crippen molar-refractivity contribution in [1.82, 2.24) is 15.2 Å². The number of esters is 1. The lowest BCUT2D eigenvalue weighted by Gasteiger charge is -2.14. The molecule has 0 fully saturated rings. The molecule has 0 saturated carbocycles. The third-order valence-corrected chi connectivity index (χ3v) is 6.67. The molecule has 2 aromatic rings. The fraction of sp³-hybridized carbons (Fsp3) is 0.600. The number of nitrogens with one attached hydrogen (secondary N) is 2. The summed E-state index contributed by atoms with van der Waals surface area (Å²) in [5.74, 6) is -0.192. The van der Waals surface area contributed by atoms with E-state index in [0.29, 0.717) is 6.42 Å². The molecule has 2 amide bonds. The first-order chi connectivity index (χ1) is 19.2. The van der Waals surface area contributed by atoms with E-state index in [1.165, 1.54) is 0 Å². The number of alkyl carbamates (subject to hydrolysis) is 2. The zero-order valence-corrected chi connectivity index (χ0v) is 27.1. The van der Waals surface area contributed by atoms with E-state index in [-0.39, 0.29) is 62.0 Å². The van der Waals surface area contributed by atoms with Crippen molar-refractivity contribution in [2.24, 2.45) is 0 Å². The topological polar surface area (TPSA) is 112 Å². The maximum atomic E-state index is 12.3. The number of rotatable bonds is 14. The van der Waals surface area contributed by atoms with Crippen LogP contribution in [0, 0.1) is 0 Å². The van der Waals surface area contributed by atoms with Gasteiger partial charge in [-0.15, -0.1) is 0 Å². The Morgan fingerprint density at radius 1 is 0.902 bits per heavy atom. The molecule has 2 aromatic heterocycles. The van der Waals surface area contributed by atoms with Crippen LogP contribution in [0.2, 0.25) is 0 Å². The molecule has 3 heterocycles. The highest BCUT2D eigenvalue weighted by molar-refractivity contribution is 5.71. The van der Waals surface area contributed by atoms with Crippen molar-refractivity contribution in [2.45, 2.75) is 118 Å². The van der Waals surface area contributed by atoms with Gasteiger partial charge in [-0.05, 0) is 47.0 Å². The van der Waals surface area contributed by atoms with Gasteiger partial charge in [-0.3, -0.25) is 4.79 Å². The zero-order chi connectivity index (χ0) is 29.1. The van der Waals surface area contributed by atoms with E-state index in [1.807, 2.05) is 56.8 Å². The smallest absolute Gasteiger partial charge is 0.407 e. The molecule has 1 aliphatic rings. The highest BCUT2D eigenvalue weighted by Crippen LogP contribution is 2.36. The number of hydrogen-bond donors (Lipinski definition) is 2. The molecule has 0 spiro atoms. The minimum Gasteiger partial charge on any atom is -1.00 e. The lowest BCUT2D eigenvalue weighted by Crippen LogP contribution is -3.00. The summed E-state index contributed by atoms with van der Waals surface area (Å²) in [5.41, 5.74) is 4.66. The zero-order valence-electron chi connectivity index (χ0n) is 25.0. The summed E-state index contributed by atoms with van der Waals surface area (Å²) in [6.45, 7) is 10.7. The second kappa shape index (κ2) is 17.2. The fourth-order valence-corrected chi connectivity index (χ4v) is 4.82. The van der Waals surface area contributed by atoms with Crippen LogP contribution in [0.1, 0.15) is 90.0 Å². The quantitative estimate of drug-likeness (QED) is 0.104. The molecule has 228 valence electrons. The van der Waals surface area contributed by atoms with Gasteiger partial charge in [0, 0.05) is 59.6 Å². The number of carbonyl (C=O) groups is 3. The number of fused-ring (bicyclic) bond motifs is 1. The summed E-state index contributed by atoms with van der Waals surface area (Å²) in [4.78, 5) is 36.7. The molecule has 0 saturated heterocycles. The van der Waals surface area contributed by atoms with Crippen LogP contribution < -0.4 is 39.2 Å². The first-order valence-corrected chi connectivity index (χ1v) is 14.4. The number of hydrogen-bond acceptors (Lipinski definition) is 6. The Hall–Kier alpha value is -2.83. The average Bonchev–Trinajstić information content (AvgIpc) is 3.48. The number of aromatic nitrogens is 2. The van der Waals surface area contributed by atoms with Gasteiger partial charge in [-0.2, -0.15) is 4.57 Å². The number of nitrogens with zero attached hydrogens (tertiary/aromatic N) is 2. The summed E-state index contributed by atoms with van der Waals surface area (Å²) >= 11 is 0. The van der Waals surface area contributed by atoms with Gasteiger partial charge in [0.05, 0.1) is 5.69 Å². The SMILES string of the molecule is CCCCCCC(=O)OC[n+]1ccc(-c2c(COC(=O)NC(C)C)c(COC(=O)NC(C)C)c3n2CCC3)cc1.[I-]. The average molecular weight is 685 g/mol. The third-order valence-electron chi connectivity index (χ3n) is 6.67. The predicted molar refractivity (Wildman–Crippen MR) is 150 cm³/mol. The van der Waals surface area contributed by atoms with Crippen molar-refractivity contribution in [3.8, 4) is 11.3 Å². The Balaban J connectivity index is 0.00000588. The Morgan fingerprint density at radius 2 is 1.51 bits per heavy atom. The van der Waals surface area contributed by atoms with E-state index in [2.05, 4.69) is 22.1 Å². The minimum absolute atomic E-state index is 0. The van der Waals surface area contributed by atoms with Crippen LogP contribution in [-0.4, -0.2) is 34.8 Å². The van der Waals surface area contributed by atoms with Crippen molar-refractivity contribution < 1.29 is 57.1 Å². The minimum atomic E-state index is -0.501. The summed E-state index contributed by atoms with van der Waals surface area (Å²) in [7, 11) is 0. The number of carbonyl (C=O) groups excluding carboxylic acids is 3. The molecule has 2 N–H and O–H groups in total. The molecule has 0 aliphatic carbocycles. The number of unbranched alkanes of at least 4 members (excludes halogenated alkanes) is 3. The van der Waals surface area contributed by atoms with Gasteiger partial charge in [-0.25, -0.2) is 9.59 Å². The highest BCUT2D eigenvalue weighted by atomic mass is 127. The number of amides is 2. The summed E-state index contributed by atoms with van der Waals surface area (Å²) in [6.07, 6.45) is 9.15. The molecule has 0 radical (unpaired) electrons. The number of pyridine rings is 1.